The first-order valence-corrected chi connectivity index (χ1v) is 21.2. The molecule has 0 aliphatic heterocycles. The maximum atomic E-state index is 2.43. The van der Waals surface area contributed by atoms with Gasteiger partial charge in [0.2, 0.25) is 0 Å². The van der Waals surface area contributed by atoms with Gasteiger partial charge in [0, 0.05) is 23.7 Å². The number of hydrogen-bond acceptors (Lipinski definition) is 0. The highest BCUT2D eigenvalue weighted by molar-refractivity contribution is 6.16. The van der Waals surface area contributed by atoms with E-state index in [9.17, 15) is 0 Å². The van der Waals surface area contributed by atoms with E-state index in [2.05, 4.69) is 206 Å². The standard InChI is InChI=1S/C58H46/c1-2-15-39(16-3-1)40-29-33-44(34-30-40)57-52-24-10-12-26-54(52)58(55-27-13-11-25-53(55)57)56-38-36-43(47-21-7-9-23-50(47)56)32-31-42-35-37-51(48-22-8-6-20-46(42)48)49-28-14-18-41-17-4-5-19-45(41)49/h1-2,4-15,17-29,31-33,35-38,41,45,47,50H,3,16,30,34H2. The van der Waals surface area contributed by atoms with Gasteiger partial charge in [0.25, 0.3) is 0 Å². The van der Waals surface area contributed by atoms with Crippen molar-refractivity contribution in [3.8, 4) is 0 Å². The van der Waals surface area contributed by atoms with Crippen molar-refractivity contribution in [3.05, 3.63) is 239 Å². The van der Waals surface area contributed by atoms with Crippen LogP contribution < -0.4 is 0 Å². The van der Waals surface area contributed by atoms with Crippen LogP contribution in [0.3, 0.4) is 0 Å². The van der Waals surface area contributed by atoms with Crippen LogP contribution in [-0.4, -0.2) is 0 Å². The van der Waals surface area contributed by atoms with Crippen LogP contribution in [0.25, 0.3) is 55.1 Å². The molecule has 0 heterocycles. The minimum atomic E-state index is 0.237. The summed E-state index contributed by atoms with van der Waals surface area (Å²) in [5.74, 6) is 1.28. The molecule has 0 saturated heterocycles. The molecule has 6 aliphatic rings. The molecule has 0 bridgehead atoms. The van der Waals surface area contributed by atoms with E-state index in [1.165, 1.54) is 88.0 Å². The highest BCUT2D eigenvalue weighted by Crippen LogP contribution is 2.49. The molecule has 58 heavy (non-hydrogen) atoms. The molecule has 11 rings (SSSR count). The molecule has 0 amide bonds. The molecule has 5 aromatic carbocycles. The summed E-state index contributed by atoms with van der Waals surface area (Å²) in [7, 11) is 0. The van der Waals surface area contributed by atoms with E-state index in [-0.39, 0.29) is 11.8 Å². The Kier molecular flexibility index (Phi) is 8.85. The van der Waals surface area contributed by atoms with Gasteiger partial charge in [0.05, 0.1) is 0 Å². The van der Waals surface area contributed by atoms with Crippen LogP contribution in [0.1, 0.15) is 47.9 Å². The van der Waals surface area contributed by atoms with Gasteiger partial charge in [-0.25, -0.2) is 0 Å². The molecule has 0 nitrogen and oxygen atoms in total. The summed E-state index contributed by atoms with van der Waals surface area (Å²) in [6.07, 6.45) is 50.9. The van der Waals surface area contributed by atoms with Crippen LogP contribution in [0.2, 0.25) is 0 Å². The number of allylic oxidation sites excluding steroid dienone is 25. The van der Waals surface area contributed by atoms with E-state index in [1.807, 2.05) is 0 Å². The SMILES string of the molecule is C1=CCCC(C2=CC=C(c3c4ccccc4c(C4=CC=C(C=Cc5ccc(C6=CC=CC7C=CC=CC67)c6ccccc56)C5C=CC=CC45)c4ccccc34)CC2)=C1. The van der Waals surface area contributed by atoms with Crippen LogP contribution >= 0.6 is 0 Å². The Bertz CT molecular complexity index is 2890. The van der Waals surface area contributed by atoms with E-state index in [4.69, 9.17) is 0 Å². The zero-order chi connectivity index (χ0) is 38.4. The van der Waals surface area contributed by atoms with Crippen LogP contribution in [0.5, 0.6) is 0 Å². The lowest BCUT2D eigenvalue weighted by atomic mass is 9.71. The van der Waals surface area contributed by atoms with Gasteiger partial charge in [-0.15, -0.1) is 0 Å². The van der Waals surface area contributed by atoms with Crippen LogP contribution in [0.15, 0.2) is 217 Å². The Morgan fingerprint density at radius 2 is 1.02 bits per heavy atom. The molecule has 0 heteroatoms. The molecule has 4 unspecified atom stereocenters. The molecule has 0 saturated carbocycles. The average Bonchev–Trinajstić information content (AvgIpc) is 3.30. The lowest BCUT2D eigenvalue weighted by Gasteiger charge is -2.32. The Morgan fingerprint density at radius 1 is 0.397 bits per heavy atom. The molecule has 0 spiro atoms. The largest absolute Gasteiger partial charge is 0.0842 e. The summed E-state index contributed by atoms with van der Waals surface area (Å²) in [4.78, 5) is 0. The molecule has 278 valence electrons. The van der Waals surface area contributed by atoms with Gasteiger partial charge in [0.15, 0.2) is 0 Å². The second-order valence-electron chi connectivity index (χ2n) is 16.5. The molecule has 0 radical (unpaired) electrons. The van der Waals surface area contributed by atoms with Crippen LogP contribution in [0, 0.1) is 23.7 Å². The van der Waals surface area contributed by atoms with Gasteiger partial charge >= 0.3 is 0 Å². The Hall–Kier alpha value is -6.50. The van der Waals surface area contributed by atoms with Gasteiger partial charge in [-0.3, -0.25) is 0 Å². The first-order valence-electron chi connectivity index (χ1n) is 21.2. The maximum absolute atomic E-state index is 2.43. The quantitative estimate of drug-likeness (QED) is 0.152. The highest BCUT2D eigenvalue weighted by Gasteiger charge is 2.31. The first kappa shape index (κ1) is 34.7. The molecular weight excluding hydrogens is 697 g/mol. The third-order valence-corrected chi connectivity index (χ3v) is 13.3. The number of rotatable bonds is 6. The second kappa shape index (κ2) is 14.8. The van der Waals surface area contributed by atoms with Crippen molar-refractivity contribution in [1.29, 1.82) is 0 Å². The molecule has 0 fully saturated rings. The first-order chi connectivity index (χ1) is 28.8. The van der Waals surface area contributed by atoms with Gasteiger partial charge in [0.1, 0.15) is 0 Å². The highest BCUT2D eigenvalue weighted by atomic mass is 14.3. The fraction of sp³-hybridized carbons (Fsp3) is 0.138. The summed E-state index contributed by atoms with van der Waals surface area (Å²) in [6.45, 7) is 0. The van der Waals surface area contributed by atoms with E-state index in [1.54, 1.807) is 0 Å². The lowest BCUT2D eigenvalue weighted by molar-refractivity contribution is 0.654. The average molecular weight is 743 g/mol. The molecule has 4 atom stereocenters. The molecule has 0 aromatic heterocycles. The van der Waals surface area contributed by atoms with Crippen molar-refractivity contribution >= 4 is 55.1 Å². The summed E-state index contributed by atoms with van der Waals surface area (Å²) < 4.78 is 0. The minimum absolute atomic E-state index is 0.237. The lowest BCUT2D eigenvalue weighted by Crippen LogP contribution is -2.19. The van der Waals surface area contributed by atoms with Crippen molar-refractivity contribution in [2.75, 3.05) is 0 Å². The zero-order valence-corrected chi connectivity index (χ0v) is 32.8. The molecule has 5 aromatic rings. The van der Waals surface area contributed by atoms with Gasteiger partial charge in [-0.2, -0.15) is 0 Å². The monoisotopic (exact) mass is 742 g/mol. The van der Waals surface area contributed by atoms with Crippen molar-refractivity contribution in [2.45, 2.75) is 25.7 Å². The fourth-order valence-corrected chi connectivity index (χ4v) is 10.5. The van der Waals surface area contributed by atoms with Gasteiger partial charge in [-0.05, 0) is 114 Å². The van der Waals surface area contributed by atoms with E-state index in [0.717, 1.165) is 25.7 Å². The molecule has 6 aliphatic carbocycles. The third-order valence-electron chi connectivity index (χ3n) is 13.3. The van der Waals surface area contributed by atoms with Crippen molar-refractivity contribution in [1.82, 2.24) is 0 Å². The fourth-order valence-electron chi connectivity index (χ4n) is 10.5. The zero-order valence-electron chi connectivity index (χ0n) is 32.8. The molecule has 0 N–H and O–H groups in total. The van der Waals surface area contributed by atoms with Crippen LogP contribution in [-0.2, 0) is 0 Å². The maximum Gasteiger partial charge on any atom is 0.0131 e. The van der Waals surface area contributed by atoms with Crippen molar-refractivity contribution in [3.63, 3.8) is 0 Å². The van der Waals surface area contributed by atoms with Gasteiger partial charge < -0.3 is 0 Å². The summed E-state index contributed by atoms with van der Waals surface area (Å²) in [6, 6.07) is 31.9. The van der Waals surface area contributed by atoms with E-state index in [0.29, 0.717) is 11.8 Å². The Morgan fingerprint density at radius 3 is 1.74 bits per heavy atom. The summed E-state index contributed by atoms with van der Waals surface area (Å²) in [5.41, 5.74) is 13.9. The second-order valence-corrected chi connectivity index (χ2v) is 16.5. The predicted octanol–water partition coefficient (Wildman–Crippen LogP) is 15.2. The van der Waals surface area contributed by atoms with Gasteiger partial charge in [-0.1, -0.05) is 206 Å². The normalized spacial score (nSPS) is 23.4. The van der Waals surface area contributed by atoms with E-state index >= 15 is 0 Å². The van der Waals surface area contributed by atoms with Crippen molar-refractivity contribution < 1.29 is 0 Å². The number of hydrogen-bond donors (Lipinski definition) is 0. The molecular formula is C58H46. The number of fused-ring (bicyclic) bond motifs is 5. The van der Waals surface area contributed by atoms with E-state index < -0.39 is 0 Å². The predicted molar refractivity (Wildman–Crippen MR) is 250 cm³/mol. The summed E-state index contributed by atoms with van der Waals surface area (Å²) >= 11 is 0. The Balaban J connectivity index is 0.993. The summed E-state index contributed by atoms with van der Waals surface area (Å²) in [5, 5.41) is 7.99. The Labute approximate surface area is 342 Å². The van der Waals surface area contributed by atoms with Crippen LogP contribution in [0.4, 0.5) is 0 Å². The topological polar surface area (TPSA) is 0 Å². The minimum Gasteiger partial charge on any atom is -0.0842 e. The number of benzene rings is 5. The smallest absolute Gasteiger partial charge is 0.0131 e. The third kappa shape index (κ3) is 5.98. The van der Waals surface area contributed by atoms with Crippen molar-refractivity contribution in [2.24, 2.45) is 23.7 Å².